The molecule has 0 aliphatic carbocycles. The van der Waals surface area contributed by atoms with Crippen LogP contribution in [0.1, 0.15) is 43.9 Å². The molecule has 5 rings (SSSR count). The van der Waals surface area contributed by atoms with Gasteiger partial charge >= 0.3 is 0 Å². The van der Waals surface area contributed by atoms with Crippen LogP contribution in [0.5, 0.6) is 11.5 Å². The maximum absolute atomic E-state index is 13.7. The van der Waals surface area contributed by atoms with Gasteiger partial charge in [-0.2, -0.15) is 0 Å². The average Bonchev–Trinajstić information content (AvgIpc) is 3.29. The highest BCUT2D eigenvalue weighted by molar-refractivity contribution is 7.15. The quantitative estimate of drug-likeness (QED) is 0.427. The third-order valence-electron chi connectivity index (χ3n) is 5.97. The Hall–Kier alpha value is -3.65. The third-order valence-corrected chi connectivity index (χ3v) is 7.04. The SMILES string of the molecule is COc1ccc(C2c3c(oc4ccc(C)cc4c3=O)C(=O)N2c2nc(C)c(C)s2)cc1OC. The lowest BCUT2D eigenvalue weighted by atomic mass is 9.98. The number of methoxy groups -OCH3 is 2. The molecule has 168 valence electrons. The van der Waals surface area contributed by atoms with Crippen molar-refractivity contribution in [2.45, 2.75) is 26.8 Å². The fourth-order valence-electron chi connectivity index (χ4n) is 4.18. The average molecular weight is 463 g/mol. The molecule has 0 bridgehead atoms. The topological polar surface area (TPSA) is 81.9 Å². The predicted molar refractivity (Wildman–Crippen MR) is 127 cm³/mol. The predicted octanol–water partition coefficient (Wildman–Crippen LogP) is 4.94. The number of anilines is 1. The van der Waals surface area contributed by atoms with Crippen LogP contribution in [-0.2, 0) is 0 Å². The van der Waals surface area contributed by atoms with Crippen molar-refractivity contribution in [1.29, 1.82) is 0 Å². The first-order valence-electron chi connectivity index (χ1n) is 10.4. The van der Waals surface area contributed by atoms with E-state index in [1.165, 1.54) is 11.3 Å². The van der Waals surface area contributed by atoms with E-state index in [4.69, 9.17) is 13.9 Å². The third kappa shape index (κ3) is 3.21. The van der Waals surface area contributed by atoms with Crippen molar-refractivity contribution >= 4 is 33.3 Å². The Bertz CT molecular complexity index is 1470. The number of nitrogens with zero attached hydrogens (tertiary/aromatic N) is 2. The van der Waals surface area contributed by atoms with Gasteiger partial charge < -0.3 is 13.9 Å². The molecule has 1 aliphatic rings. The van der Waals surface area contributed by atoms with Crippen molar-refractivity contribution in [1.82, 2.24) is 4.98 Å². The zero-order chi connectivity index (χ0) is 23.4. The molecule has 0 N–H and O–H groups in total. The molecule has 1 atom stereocenters. The second kappa shape index (κ2) is 7.74. The highest BCUT2D eigenvalue weighted by Crippen LogP contribution is 2.44. The molecule has 0 radical (unpaired) electrons. The number of hydrogen-bond donors (Lipinski definition) is 0. The summed E-state index contributed by atoms with van der Waals surface area (Å²) in [5, 5.41) is 0.959. The van der Waals surface area contributed by atoms with Gasteiger partial charge in [-0.3, -0.25) is 14.5 Å². The number of hydrogen-bond acceptors (Lipinski definition) is 7. The van der Waals surface area contributed by atoms with Gasteiger partial charge in [0.25, 0.3) is 5.91 Å². The molecular formula is C25H22N2O5S. The summed E-state index contributed by atoms with van der Waals surface area (Å²) in [4.78, 5) is 34.5. The van der Waals surface area contributed by atoms with E-state index < -0.39 is 11.9 Å². The van der Waals surface area contributed by atoms with E-state index in [2.05, 4.69) is 4.98 Å². The molecule has 0 saturated carbocycles. The van der Waals surface area contributed by atoms with E-state index in [0.717, 1.165) is 16.1 Å². The largest absolute Gasteiger partial charge is 0.493 e. The Morgan fingerprint density at radius 2 is 1.76 bits per heavy atom. The second-order valence-electron chi connectivity index (χ2n) is 8.00. The van der Waals surface area contributed by atoms with Crippen LogP contribution in [-0.4, -0.2) is 25.1 Å². The van der Waals surface area contributed by atoms with E-state index in [1.807, 2.05) is 32.9 Å². The molecular weight excluding hydrogens is 440 g/mol. The molecule has 3 heterocycles. The number of amides is 1. The number of carbonyl (C=O) groups excluding carboxylic acids is 1. The van der Waals surface area contributed by atoms with E-state index in [1.54, 1.807) is 43.4 Å². The van der Waals surface area contributed by atoms with Gasteiger partial charge in [0.05, 0.1) is 36.9 Å². The zero-order valence-electron chi connectivity index (χ0n) is 18.9. The van der Waals surface area contributed by atoms with E-state index in [0.29, 0.717) is 38.7 Å². The minimum Gasteiger partial charge on any atom is -0.493 e. The maximum atomic E-state index is 13.7. The Morgan fingerprint density at radius 1 is 1.00 bits per heavy atom. The first-order chi connectivity index (χ1) is 15.8. The van der Waals surface area contributed by atoms with E-state index in [9.17, 15) is 9.59 Å². The smallest absolute Gasteiger partial charge is 0.297 e. The number of thiazole rings is 1. The molecule has 1 unspecified atom stereocenters. The van der Waals surface area contributed by atoms with Crippen LogP contribution in [0, 0.1) is 20.8 Å². The first kappa shape index (κ1) is 21.2. The molecule has 7 nitrogen and oxygen atoms in total. The summed E-state index contributed by atoms with van der Waals surface area (Å²) in [7, 11) is 3.10. The molecule has 2 aromatic heterocycles. The molecule has 33 heavy (non-hydrogen) atoms. The molecule has 0 spiro atoms. The summed E-state index contributed by atoms with van der Waals surface area (Å²) in [6.07, 6.45) is 0. The van der Waals surface area contributed by atoms with Gasteiger partial charge in [-0.25, -0.2) is 4.98 Å². The van der Waals surface area contributed by atoms with Crippen LogP contribution in [0.15, 0.2) is 45.6 Å². The van der Waals surface area contributed by atoms with Crippen molar-refractivity contribution in [3.05, 3.63) is 79.6 Å². The summed E-state index contributed by atoms with van der Waals surface area (Å²) in [6, 6.07) is 10.0. The van der Waals surface area contributed by atoms with Gasteiger partial charge in [-0.15, -0.1) is 11.3 Å². The van der Waals surface area contributed by atoms with Gasteiger partial charge in [0.15, 0.2) is 22.1 Å². The summed E-state index contributed by atoms with van der Waals surface area (Å²) in [6.45, 7) is 5.77. The van der Waals surface area contributed by atoms with E-state index >= 15 is 0 Å². The Balaban J connectivity index is 1.82. The number of rotatable bonds is 4. The zero-order valence-corrected chi connectivity index (χ0v) is 19.7. The van der Waals surface area contributed by atoms with E-state index in [-0.39, 0.29) is 11.2 Å². The minimum atomic E-state index is -0.710. The summed E-state index contributed by atoms with van der Waals surface area (Å²) in [5.74, 6) is 0.711. The normalized spacial score (nSPS) is 15.2. The molecule has 2 aromatic carbocycles. The minimum absolute atomic E-state index is 0.0432. The number of aryl methyl sites for hydroxylation is 3. The lowest BCUT2D eigenvalue weighted by molar-refractivity contribution is 0.0971. The summed E-state index contributed by atoms with van der Waals surface area (Å²) in [5.41, 5.74) is 2.93. The Labute approximate surface area is 194 Å². The summed E-state index contributed by atoms with van der Waals surface area (Å²) >= 11 is 1.41. The van der Waals surface area contributed by atoms with Crippen molar-refractivity contribution in [2.75, 3.05) is 19.1 Å². The van der Waals surface area contributed by atoms with Crippen LogP contribution in [0.2, 0.25) is 0 Å². The van der Waals surface area contributed by atoms with Crippen molar-refractivity contribution < 1.29 is 18.7 Å². The lowest BCUT2D eigenvalue weighted by Crippen LogP contribution is -2.29. The standard InChI is InChI=1S/C25H22N2O5S/c1-12-6-8-17-16(10-12)22(28)20-21(15-7-9-18(30-4)19(11-15)31-5)27(24(29)23(20)32-17)25-26-13(2)14(3)33-25/h6-11,21H,1-5H3. The van der Waals surface area contributed by atoms with Crippen LogP contribution < -0.4 is 19.8 Å². The number of aromatic nitrogens is 1. The Kier molecular flexibility index (Phi) is 4.97. The molecule has 4 aromatic rings. The number of carbonyl (C=O) groups is 1. The van der Waals surface area contributed by atoms with Gasteiger partial charge in [0.1, 0.15) is 5.58 Å². The Morgan fingerprint density at radius 3 is 2.42 bits per heavy atom. The van der Waals surface area contributed by atoms with Crippen LogP contribution in [0.4, 0.5) is 5.13 Å². The number of ether oxygens (including phenoxy) is 2. The lowest BCUT2D eigenvalue weighted by Gasteiger charge is -2.23. The molecule has 8 heteroatoms. The molecule has 1 amide bonds. The summed E-state index contributed by atoms with van der Waals surface area (Å²) < 4.78 is 16.9. The fourth-order valence-corrected chi connectivity index (χ4v) is 5.12. The first-order valence-corrected chi connectivity index (χ1v) is 11.2. The van der Waals surface area contributed by atoms with Crippen LogP contribution in [0.25, 0.3) is 11.0 Å². The molecule has 0 saturated heterocycles. The van der Waals surface area contributed by atoms with Gasteiger partial charge in [-0.1, -0.05) is 17.7 Å². The highest BCUT2D eigenvalue weighted by atomic mass is 32.1. The van der Waals surface area contributed by atoms with Crippen molar-refractivity contribution in [3.63, 3.8) is 0 Å². The highest BCUT2D eigenvalue weighted by Gasteiger charge is 2.45. The maximum Gasteiger partial charge on any atom is 0.297 e. The van der Waals surface area contributed by atoms with Crippen LogP contribution in [0.3, 0.4) is 0 Å². The second-order valence-corrected chi connectivity index (χ2v) is 9.19. The van der Waals surface area contributed by atoms with Crippen LogP contribution >= 0.6 is 11.3 Å². The van der Waals surface area contributed by atoms with Crippen molar-refractivity contribution in [3.8, 4) is 11.5 Å². The van der Waals surface area contributed by atoms with Gasteiger partial charge in [0, 0.05) is 4.88 Å². The van der Waals surface area contributed by atoms with Gasteiger partial charge in [-0.05, 0) is 50.6 Å². The van der Waals surface area contributed by atoms with Gasteiger partial charge in [0.2, 0.25) is 5.76 Å². The number of benzene rings is 2. The fraction of sp³-hybridized carbons (Fsp3) is 0.240. The monoisotopic (exact) mass is 462 g/mol. The number of fused-ring (bicyclic) bond motifs is 2. The van der Waals surface area contributed by atoms with Crippen molar-refractivity contribution in [2.24, 2.45) is 0 Å². The molecule has 1 aliphatic heterocycles. The molecule has 0 fully saturated rings.